The standard InChI is InChI=1S/C46H65N9O7/c1-11-46(9)38-29(23-30-25-49-39(50-30)33-15-14-21-55(33)42(59)37(45(6,7)8)53-43(60)61-10)19-22-54(38)32-18-17-28(24-34(32)62-46)31-26-48-35(51-31)16-12-13-20-47-41(58)36(44(3,4)5)52-40(57)27(2)56/h17-19,22,24-26,29,33,36-38H,11-16,20-21,23H2,1-10H3,(H,47,58)(H,48,51)(H,49,50)(H,52,57)(H,53,60)/t29?,33-,36-,37-,38?,46-/m0/s1. The Labute approximate surface area is 364 Å². The van der Waals surface area contributed by atoms with Crippen molar-refractivity contribution in [3.05, 3.63) is 60.2 Å². The predicted molar refractivity (Wildman–Crippen MR) is 235 cm³/mol. The molecule has 3 aliphatic rings. The van der Waals surface area contributed by atoms with E-state index in [0.29, 0.717) is 32.4 Å². The fraction of sp³-hybridized carbons (Fsp3) is 0.587. The summed E-state index contributed by atoms with van der Waals surface area (Å²) in [4.78, 5) is 83.0. The third-order valence-corrected chi connectivity index (χ3v) is 12.4. The zero-order valence-electron chi connectivity index (χ0n) is 37.9. The number of Topliss-reactive ketones (excluding diaryl/α,β-unsaturated/α-hetero) is 1. The summed E-state index contributed by atoms with van der Waals surface area (Å²) in [6.07, 6.45) is 12.8. The fourth-order valence-electron chi connectivity index (χ4n) is 8.82. The molecule has 0 spiro atoms. The number of unbranched alkanes of at least 4 members (excludes halogenated alkanes) is 1. The van der Waals surface area contributed by atoms with Gasteiger partial charge in [0.2, 0.25) is 17.6 Å². The molecule has 4 amide bonds. The highest BCUT2D eigenvalue weighted by Gasteiger charge is 2.49. The Balaban J connectivity index is 1.07. The number of amides is 4. The van der Waals surface area contributed by atoms with Gasteiger partial charge < -0.3 is 45.2 Å². The lowest BCUT2D eigenvalue weighted by atomic mass is 9.81. The van der Waals surface area contributed by atoms with Gasteiger partial charge >= 0.3 is 6.09 Å². The number of aromatic amines is 2. The molecule has 2 aromatic heterocycles. The monoisotopic (exact) mass is 856 g/mol. The van der Waals surface area contributed by atoms with E-state index in [1.807, 2.05) is 58.8 Å². The Bertz CT molecular complexity index is 2160. The van der Waals surface area contributed by atoms with Gasteiger partial charge in [-0.2, -0.15) is 0 Å². The third-order valence-electron chi connectivity index (χ3n) is 12.4. The first-order valence-corrected chi connectivity index (χ1v) is 21.9. The van der Waals surface area contributed by atoms with Crippen LogP contribution in [-0.4, -0.2) is 98.4 Å². The van der Waals surface area contributed by atoms with Crippen LogP contribution in [0.5, 0.6) is 5.75 Å². The number of imidazole rings is 2. The molecule has 0 bridgehead atoms. The number of hydrogen-bond acceptors (Lipinski definition) is 10. The largest absolute Gasteiger partial charge is 0.483 e. The van der Waals surface area contributed by atoms with Crippen LogP contribution in [-0.2, 0) is 36.8 Å². The van der Waals surface area contributed by atoms with Crippen LogP contribution in [0.4, 0.5) is 10.5 Å². The molecule has 1 saturated heterocycles. The Morgan fingerprint density at radius 1 is 1.00 bits per heavy atom. The fourth-order valence-corrected chi connectivity index (χ4v) is 8.82. The zero-order chi connectivity index (χ0) is 45.1. The Hall–Kier alpha value is -5.67. The van der Waals surface area contributed by atoms with E-state index < -0.39 is 46.3 Å². The molecule has 2 unspecified atom stereocenters. The number of carbonyl (C=O) groups is 5. The van der Waals surface area contributed by atoms with Crippen LogP contribution in [0.1, 0.15) is 118 Å². The first-order valence-electron chi connectivity index (χ1n) is 21.9. The quantitative estimate of drug-likeness (QED) is 0.0903. The minimum Gasteiger partial charge on any atom is -0.483 e. The van der Waals surface area contributed by atoms with E-state index in [1.54, 1.807) is 0 Å². The number of aryl methyl sites for hydroxylation is 1. The van der Waals surface area contributed by atoms with Gasteiger partial charge in [0, 0.05) is 56.0 Å². The van der Waals surface area contributed by atoms with Crippen LogP contribution < -0.4 is 25.6 Å². The van der Waals surface area contributed by atoms with Crippen molar-refractivity contribution in [1.82, 2.24) is 40.8 Å². The van der Waals surface area contributed by atoms with Crippen molar-refractivity contribution in [3.8, 4) is 17.0 Å². The second-order valence-corrected chi connectivity index (χ2v) is 19.3. The molecule has 6 rings (SSSR count). The maximum Gasteiger partial charge on any atom is 0.407 e. The molecule has 6 atom stereocenters. The first-order chi connectivity index (χ1) is 29.2. The Morgan fingerprint density at radius 3 is 2.42 bits per heavy atom. The number of likely N-dealkylation sites (tertiary alicyclic amines) is 1. The third kappa shape index (κ3) is 10.00. The van der Waals surface area contributed by atoms with Crippen molar-refractivity contribution in [2.24, 2.45) is 16.7 Å². The van der Waals surface area contributed by atoms with E-state index in [-0.39, 0.29) is 29.8 Å². The number of anilines is 1. The highest BCUT2D eigenvalue weighted by atomic mass is 16.5. The highest BCUT2D eigenvalue weighted by Crippen LogP contribution is 2.49. The maximum absolute atomic E-state index is 13.9. The number of H-pyrrole nitrogens is 2. The minimum absolute atomic E-state index is 0.0429. The van der Waals surface area contributed by atoms with Crippen LogP contribution in [0.25, 0.3) is 11.3 Å². The molecule has 3 aliphatic heterocycles. The molecular formula is C46H65N9O7. The van der Waals surface area contributed by atoms with E-state index in [0.717, 1.165) is 65.7 Å². The number of methoxy groups -OCH3 is 1. The lowest BCUT2D eigenvalue weighted by Gasteiger charge is -2.48. The minimum atomic E-state index is -0.825. The molecule has 16 nitrogen and oxygen atoms in total. The van der Waals surface area contributed by atoms with Crippen molar-refractivity contribution in [2.75, 3.05) is 25.1 Å². The van der Waals surface area contributed by atoms with Gasteiger partial charge in [-0.15, -0.1) is 0 Å². The second-order valence-electron chi connectivity index (χ2n) is 19.3. The summed E-state index contributed by atoms with van der Waals surface area (Å²) in [5.74, 6) is 0.666. The number of ketones is 1. The molecule has 5 heterocycles. The van der Waals surface area contributed by atoms with Gasteiger partial charge in [-0.05, 0) is 68.4 Å². The number of rotatable bonds is 15. The van der Waals surface area contributed by atoms with Crippen LogP contribution >= 0.6 is 0 Å². The molecule has 62 heavy (non-hydrogen) atoms. The number of nitrogens with zero attached hydrogens (tertiary/aromatic N) is 4. The number of alkyl carbamates (subject to hydrolysis) is 1. The Morgan fingerprint density at radius 2 is 1.74 bits per heavy atom. The molecular weight excluding hydrogens is 791 g/mol. The van der Waals surface area contributed by atoms with Gasteiger partial charge in [-0.3, -0.25) is 19.2 Å². The average molecular weight is 856 g/mol. The summed E-state index contributed by atoms with van der Waals surface area (Å²) in [6.45, 7) is 17.8. The number of hydrogen-bond donors (Lipinski definition) is 5. The van der Waals surface area contributed by atoms with Crippen LogP contribution in [0, 0.1) is 16.7 Å². The van der Waals surface area contributed by atoms with Gasteiger partial charge in [0.1, 0.15) is 35.1 Å². The van der Waals surface area contributed by atoms with Crippen molar-refractivity contribution in [3.63, 3.8) is 0 Å². The zero-order valence-corrected chi connectivity index (χ0v) is 37.9. The summed E-state index contributed by atoms with van der Waals surface area (Å²) in [5.41, 5.74) is 2.26. The van der Waals surface area contributed by atoms with Crippen LogP contribution in [0.15, 0.2) is 42.9 Å². The van der Waals surface area contributed by atoms with E-state index in [2.05, 4.69) is 80.1 Å². The van der Waals surface area contributed by atoms with E-state index in [9.17, 15) is 24.0 Å². The molecule has 1 fully saturated rings. The molecule has 5 N–H and O–H groups in total. The topological polar surface area (TPSA) is 204 Å². The van der Waals surface area contributed by atoms with Crippen molar-refractivity contribution in [2.45, 2.75) is 137 Å². The van der Waals surface area contributed by atoms with Crippen molar-refractivity contribution >= 4 is 35.3 Å². The molecule has 0 aliphatic carbocycles. The summed E-state index contributed by atoms with van der Waals surface area (Å²) >= 11 is 0. The molecule has 16 heteroatoms. The maximum atomic E-state index is 13.9. The number of nitrogens with one attached hydrogen (secondary N) is 5. The first kappa shape index (κ1) is 45.8. The van der Waals surface area contributed by atoms with Crippen molar-refractivity contribution < 1.29 is 33.4 Å². The number of aromatic nitrogens is 4. The molecule has 0 radical (unpaired) electrons. The van der Waals surface area contributed by atoms with Gasteiger partial charge in [0.15, 0.2) is 0 Å². The number of ether oxygens (including phenoxy) is 2. The SMILES string of the molecule is CC[C@]1(C)Oc2cc(-c3cnc(CCCCNC(=O)[C@H](NC(=O)C(C)=O)C(C)(C)C)[nH]3)ccc2N2C=CC(Cc3cnc([C@@H]4CCCN4C(=O)[C@H](NC(=O)OC)C(C)(C)C)[nH]3)C21. The molecule has 0 saturated carbocycles. The van der Waals surface area contributed by atoms with Crippen molar-refractivity contribution in [1.29, 1.82) is 0 Å². The lowest BCUT2D eigenvalue weighted by molar-refractivity contribution is -0.139. The number of benzene rings is 1. The van der Waals surface area contributed by atoms with Crippen LogP contribution in [0.2, 0.25) is 0 Å². The summed E-state index contributed by atoms with van der Waals surface area (Å²) in [6, 6.07) is 4.52. The molecule has 1 aromatic carbocycles. The summed E-state index contributed by atoms with van der Waals surface area (Å²) in [7, 11) is 1.30. The van der Waals surface area contributed by atoms with Gasteiger partial charge in [0.25, 0.3) is 5.91 Å². The smallest absolute Gasteiger partial charge is 0.407 e. The molecule has 336 valence electrons. The van der Waals surface area contributed by atoms with E-state index in [4.69, 9.17) is 14.5 Å². The van der Waals surface area contributed by atoms with Gasteiger partial charge in [-0.25, -0.2) is 14.8 Å². The average Bonchev–Trinajstić information content (AvgIpc) is 4.05. The summed E-state index contributed by atoms with van der Waals surface area (Å²) in [5, 5.41) is 8.22. The van der Waals surface area contributed by atoms with E-state index >= 15 is 0 Å². The second kappa shape index (κ2) is 18.4. The number of fused-ring (bicyclic) bond motifs is 3. The normalized spacial score (nSPS) is 21.7. The predicted octanol–water partition coefficient (Wildman–Crippen LogP) is 5.92. The highest BCUT2D eigenvalue weighted by molar-refractivity contribution is 6.35. The lowest BCUT2D eigenvalue weighted by Crippen LogP contribution is -2.57. The Kier molecular flexibility index (Phi) is 13.6. The summed E-state index contributed by atoms with van der Waals surface area (Å²) < 4.78 is 11.7. The number of carbonyl (C=O) groups excluding carboxylic acids is 5. The van der Waals surface area contributed by atoms with E-state index in [1.165, 1.54) is 14.0 Å². The van der Waals surface area contributed by atoms with Gasteiger partial charge in [0.05, 0.1) is 36.8 Å². The molecule has 3 aromatic rings. The van der Waals surface area contributed by atoms with Crippen LogP contribution in [0.3, 0.4) is 0 Å². The van der Waals surface area contributed by atoms with Gasteiger partial charge in [-0.1, -0.05) is 60.6 Å².